The smallest absolute Gasteiger partial charge is 0.460 e. The van der Waals surface area contributed by atoms with E-state index in [0.717, 1.165) is 29.5 Å². The SMILES string of the molecule is CC(=O)OCCCC(I)CC(F)(F)C(F)(F)C(F)(F)C(F)(F)C(F)(F)C(F)(F)F. The third kappa shape index (κ3) is 5.51. The summed E-state index contributed by atoms with van der Waals surface area (Å²) in [7, 11) is 0. The summed E-state index contributed by atoms with van der Waals surface area (Å²) in [6, 6.07) is 0. The van der Waals surface area contributed by atoms with E-state index in [9.17, 15) is 61.9 Å². The first-order chi connectivity index (χ1) is 12.6. The molecule has 0 saturated heterocycles. The molecule has 0 radical (unpaired) electrons. The fourth-order valence-corrected chi connectivity index (χ4v) is 2.82. The maximum absolute atomic E-state index is 13.6. The Kier molecular flexibility index (Phi) is 8.59. The van der Waals surface area contributed by atoms with Gasteiger partial charge in [0.15, 0.2) is 0 Å². The Labute approximate surface area is 168 Å². The summed E-state index contributed by atoms with van der Waals surface area (Å²) in [6.07, 6.45) is -10.4. The minimum Gasteiger partial charge on any atom is -0.466 e. The van der Waals surface area contributed by atoms with Crippen molar-refractivity contribution in [3.63, 3.8) is 0 Å². The van der Waals surface area contributed by atoms with E-state index >= 15 is 0 Å². The number of esters is 1. The van der Waals surface area contributed by atoms with Crippen LogP contribution in [0.3, 0.4) is 0 Å². The highest BCUT2D eigenvalue weighted by molar-refractivity contribution is 14.1. The number of hydrogen-bond donors (Lipinski definition) is 0. The molecule has 0 aromatic rings. The standard InChI is InChI=1S/C13H12F13IO2/c1-6(28)29-4-2-3-7(27)5-8(14,15)9(16,17)10(18,19)11(20,21)12(22,23)13(24,25)26/h7H,2-5H2,1H3. The second-order valence-electron chi connectivity index (χ2n) is 5.78. The van der Waals surface area contributed by atoms with Crippen molar-refractivity contribution in [1.29, 1.82) is 0 Å². The minimum atomic E-state index is -7.89. The Morgan fingerprint density at radius 2 is 1.21 bits per heavy atom. The van der Waals surface area contributed by atoms with Crippen molar-refractivity contribution < 1.29 is 66.6 Å². The van der Waals surface area contributed by atoms with Gasteiger partial charge >= 0.3 is 41.8 Å². The minimum absolute atomic E-state index is 0.243. The lowest BCUT2D eigenvalue weighted by Gasteiger charge is -2.40. The Hall–Kier alpha value is -0.710. The van der Waals surface area contributed by atoms with Crippen LogP contribution in [-0.4, -0.2) is 52.3 Å². The Bertz CT molecular complexity index is 574. The number of ether oxygens (including phenoxy) is 1. The number of rotatable bonds is 10. The van der Waals surface area contributed by atoms with Crippen LogP contribution in [-0.2, 0) is 9.53 Å². The van der Waals surface area contributed by atoms with E-state index in [0.29, 0.717) is 0 Å². The van der Waals surface area contributed by atoms with Crippen molar-refractivity contribution in [2.24, 2.45) is 0 Å². The van der Waals surface area contributed by atoms with Crippen LogP contribution in [0.25, 0.3) is 0 Å². The van der Waals surface area contributed by atoms with E-state index in [1.807, 2.05) is 0 Å². The van der Waals surface area contributed by atoms with Gasteiger partial charge in [0.25, 0.3) is 0 Å². The molecule has 174 valence electrons. The van der Waals surface area contributed by atoms with Gasteiger partial charge < -0.3 is 4.74 Å². The summed E-state index contributed by atoms with van der Waals surface area (Å²) < 4.78 is 171. The zero-order chi connectivity index (χ0) is 23.7. The van der Waals surface area contributed by atoms with E-state index in [-0.39, 0.29) is 13.0 Å². The second-order valence-corrected chi connectivity index (χ2v) is 7.55. The first-order valence-electron chi connectivity index (χ1n) is 7.29. The molecular weight excluding hydrogens is 562 g/mol. The van der Waals surface area contributed by atoms with Gasteiger partial charge in [0.05, 0.1) is 6.61 Å². The molecule has 0 aromatic heterocycles. The largest absolute Gasteiger partial charge is 0.466 e. The van der Waals surface area contributed by atoms with Gasteiger partial charge in [-0.15, -0.1) is 0 Å². The van der Waals surface area contributed by atoms with E-state index in [2.05, 4.69) is 4.74 Å². The number of alkyl halides is 14. The van der Waals surface area contributed by atoms with Crippen molar-refractivity contribution in [2.75, 3.05) is 6.61 Å². The first-order valence-corrected chi connectivity index (χ1v) is 8.54. The van der Waals surface area contributed by atoms with Gasteiger partial charge in [-0.3, -0.25) is 4.79 Å². The molecule has 0 N–H and O–H groups in total. The van der Waals surface area contributed by atoms with Gasteiger partial charge in [0.2, 0.25) is 0 Å². The van der Waals surface area contributed by atoms with Gasteiger partial charge in [-0.2, -0.15) is 57.1 Å². The van der Waals surface area contributed by atoms with Crippen LogP contribution in [0.1, 0.15) is 26.2 Å². The summed E-state index contributed by atoms with van der Waals surface area (Å²) in [5.74, 6) is -37.5. The highest BCUT2D eigenvalue weighted by atomic mass is 127. The molecule has 1 atom stereocenters. The number of halogens is 14. The van der Waals surface area contributed by atoms with Gasteiger partial charge in [-0.25, -0.2) is 0 Å². The third-order valence-corrected chi connectivity index (χ3v) is 4.51. The van der Waals surface area contributed by atoms with Crippen molar-refractivity contribution in [1.82, 2.24) is 0 Å². The van der Waals surface area contributed by atoms with Crippen molar-refractivity contribution in [2.45, 2.75) is 65.9 Å². The molecule has 0 fully saturated rings. The molecule has 0 bridgehead atoms. The quantitative estimate of drug-likeness (QED) is 0.101. The number of carbonyl (C=O) groups is 1. The molecule has 29 heavy (non-hydrogen) atoms. The van der Waals surface area contributed by atoms with Crippen LogP contribution in [0.4, 0.5) is 57.1 Å². The third-order valence-electron chi connectivity index (χ3n) is 3.44. The van der Waals surface area contributed by atoms with Crippen LogP contribution in [0.2, 0.25) is 0 Å². The average molecular weight is 574 g/mol. The molecule has 16 heteroatoms. The zero-order valence-corrected chi connectivity index (χ0v) is 16.2. The predicted molar refractivity (Wildman–Crippen MR) is 79.1 cm³/mol. The molecule has 0 aliphatic heterocycles. The molecule has 0 aliphatic carbocycles. The predicted octanol–water partition coefficient (Wildman–Crippen LogP) is 6.26. The highest BCUT2D eigenvalue weighted by Gasteiger charge is 2.90. The van der Waals surface area contributed by atoms with Crippen LogP contribution in [0.5, 0.6) is 0 Å². The van der Waals surface area contributed by atoms with Gasteiger partial charge in [0.1, 0.15) is 0 Å². The van der Waals surface area contributed by atoms with E-state index in [4.69, 9.17) is 0 Å². The van der Waals surface area contributed by atoms with Crippen LogP contribution >= 0.6 is 22.6 Å². The molecule has 0 spiro atoms. The average Bonchev–Trinajstić information content (AvgIpc) is 2.49. The molecule has 0 aromatic carbocycles. The Balaban J connectivity index is 5.62. The van der Waals surface area contributed by atoms with Crippen molar-refractivity contribution in [3.8, 4) is 0 Å². The fourth-order valence-electron chi connectivity index (χ4n) is 1.83. The zero-order valence-electron chi connectivity index (χ0n) is 14.0. The molecule has 0 saturated carbocycles. The number of hydrogen-bond acceptors (Lipinski definition) is 2. The maximum Gasteiger partial charge on any atom is 0.460 e. The normalized spacial score (nSPS) is 16.0. The van der Waals surface area contributed by atoms with Gasteiger partial charge in [0, 0.05) is 17.3 Å². The Morgan fingerprint density at radius 3 is 1.59 bits per heavy atom. The van der Waals surface area contributed by atoms with Gasteiger partial charge in [-0.05, 0) is 12.8 Å². The lowest BCUT2D eigenvalue weighted by atomic mass is 9.91. The monoisotopic (exact) mass is 574 g/mol. The maximum atomic E-state index is 13.6. The molecule has 0 rings (SSSR count). The molecular formula is C13H12F13IO2. The topological polar surface area (TPSA) is 26.3 Å². The lowest BCUT2D eigenvalue weighted by molar-refractivity contribution is -0.440. The summed E-state index contributed by atoms with van der Waals surface area (Å²) in [5.41, 5.74) is 0. The highest BCUT2D eigenvalue weighted by Crippen LogP contribution is 2.60. The summed E-state index contributed by atoms with van der Waals surface area (Å²) in [6.45, 7) is 0.581. The van der Waals surface area contributed by atoms with E-state index in [1.165, 1.54) is 0 Å². The van der Waals surface area contributed by atoms with E-state index < -0.39 is 58.5 Å². The molecule has 2 nitrogen and oxygen atoms in total. The fraction of sp³-hybridized carbons (Fsp3) is 0.923. The van der Waals surface area contributed by atoms with Crippen molar-refractivity contribution in [3.05, 3.63) is 0 Å². The Morgan fingerprint density at radius 1 is 0.793 bits per heavy atom. The van der Waals surface area contributed by atoms with Gasteiger partial charge in [-0.1, -0.05) is 22.6 Å². The van der Waals surface area contributed by atoms with E-state index in [1.54, 1.807) is 0 Å². The molecule has 0 amide bonds. The van der Waals surface area contributed by atoms with Crippen molar-refractivity contribution >= 4 is 28.6 Å². The summed E-state index contributed by atoms with van der Waals surface area (Å²) in [5, 5.41) is 0. The molecule has 0 aliphatic rings. The molecule has 1 unspecified atom stereocenters. The number of carbonyl (C=O) groups excluding carboxylic acids is 1. The van der Waals surface area contributed by atoms with Crippen LogP contribution in [0.15, 0.2) is 0 Å². The summed E-state index contributed by atoms with van der Waals surface area (Å²) >= 11 is 1.03. The molecule has 0 heterocycles. The van der Waals surface area contributed by atoms with Crippen LogP contribution in [0, 0.1) is 0 Å². The first kappa shape index (κ1) is 28.3. The lowest BCUT2D eigenvalue weighted by Crippen LogP contribution is -2.70. The summed E-state index contributed by atoms with van der Waals surface area (Å²) in [4.78, 5) is 10.5. The second kappa shape index (κ2) is 8.80. The van der Waals surface area contributed by atoms with Crippen LogP contribution < -0.4 is 0 Å².